The predicted molar refractivity (Wildman–Crippen MR) is 80.7 cm³/mol. The Hall–Kier alpha value is -0.970. The van der Waals surface area contributed by atoms with Gasteiger partial charge in [-0.3, -0.25) is 0 Å². The van der Waals surface area contributed by atoms with Crippen molar-refractivity contribution in [1.29, 1.82) is 0 Å². The van der Waals surface area contributed by atoms with Crippen molar-refractivity contribution in [2.75, 3.05) is 20.3 Å². The molecule has 24 heavy (non-hydrogen) atoms. The molecular formula is C14H13NaO7S2. The number of benzene rings is 1. The summed E-state index contributed by atoms with van der Waals surface area (Å²) in [4.78, 5) is -0.424. The van der Waals surface area contributed by atoms with E-state index in [0.717, 1.165) is 11.8 Å². The van der Waals surface area contributed by atoms with Crippen molar-refractivity contribution < 1.29 is 61.5 Å². The van der Waals surface area contributed by atoms with Crippen molar-refractivity contribution in [3.8, 4) is 23.0 Å². The van der Waals surface area contributed by atoms with Gasteiger partial charge >= 0.3 is 29.6 Å². The number of thiophene rings is 1. The van der Waals surface area contributed by atoms with Gasteiger partial charge in [-0.2, -0.15) is 0 Å². The summed E-state index contributed by atoms with van der Waals surface area (Å²) < 4.78 is 55.1. The Balaban J connectivity index is 0.00000208. The zero-order chi connectivity index (χ0) is 16.4. The van der Waals surface area contributed by atoms with Crippen molar-refractivity contribution >= 4 is 21.5 Å². The molecule has 1 aromatic heterocycles. The van der Waals surface area contributed by atoms with Gasteiger partial charge in [0.2, 0.25) is 0 Å². The molecule has 1 aliphatic heterocycles. The molecular weight excluding hydrogens is 367 g/mol. The summed E-state index contributed by atoms with van der Waals surface area (Å²) in [6.07, 6.45) is -0.286. The maximum absolute atomic E-state index is 11.1. The normalized spacial score (nSPS) is 16.2. The molecule has 0 fully saturated rings. The van der Waals surface area contributed by atoms with Crippen molar-refractivity contribution in [2.45, 2.75) is 11.0 Å². The molecule has 0 radical (unpaired) electrons. The van der Waals surface area contributed by atoms with Crippen LogP contribution in [0.25, 0.3) is 0 Å². The predicted octanol–water partition coefficient (Wildman–Crippen LogP) is -1.12. The fraction of sp³-hybridized carbons (Fsp3) is 0.286. The third-order valence-corrected chi connectivity index (χ3v) is 4.73. The standard InChI is InChI=1S/C14H14O7S2.Na/c1-18-11-4-9(2-3-14(11)23(15,16)17)19-5-10-6-20-12-7-22-8-13(12)21-10;/h2-4,7-8,10H,5-6H2,1H3,(H,15,16,17);/q;+1/p-1. The summed E-state index contributed by atoms with van der Waals surface area (Å²) in [5, 5.41) is 3.71. The van der Waals surface area contributed by atoms with Crippen LogP contribution in [0.5, 0.6) is 23.0 Å². The van der Waals surface area contributed by atoms with Gasteiger partial charge in [-0.25, -0.2) is 8.42 Å². The zero-order valence-corrected chi connectivity index (χ0v) is 16.7. The summed E-state index contributed by atoms with van der Waals surface area (Å²) in [7, 11) is -3.32. The first-order chi connectivity index (χ1) is 11.0. The van der Waals surface area contributed by atoms with E-state index in [1.807, 2.05) is 10.8 Å². The van der Waals surface area contributed by atoms with Crippen molar-refractivity contribution in [2.24, 2.45) is 0 Å². The van der Waals surface area contributed by atoms with E-state index in [9.17, 15) is 13.0 Å². The number of fused-ring (bicyclic) bond motifs is 1. The van der Waals surface area contributed by atoms with E-state index < -0.39 is 15.0 Å². The number of methoxy groups -OCH3 is 1. The Morgan fingerprint density at radius 3 is 2.79 bits per heavy atom. The van der Waals surface area contributed by atoms with Gasteiger partial charge < -0.3 is 23.5 Å². The van der Waals surface area contributed by atoms with E-state index in [0.29, 0.717) is 18.1 Å². The van der Waals surface area contributed by atoms with Crippen LogP contribution in [0.3, 0.4) is 0 Å². The van der Waals surface area contributed by atoms with Crippen LogP contribution in [0.2, 0.25) is 0 Å². The van der Waals surface area contributed by atoms with Crippen LogP contribution in [0.15, 0.2) is 33.9 Å². The van der Waals surface area contributed by atoms with Crippen LogP contribution in [0, 0.1) is 0 Å². The van der Waals surface area contributed by atoms with Crippen LogP contribution >= 0.6 is 11.3 Å². The second kappa shape index (κ2) is 7.94. The molecule has 1 aliphatic rings. The average molecular weight is 380 g/mol. The van der Waals surface area contributed by atoms with Gasteiger partial charge in [-0.05, 0) is 12.1 Å². The van der Waals surface area contributed by atoms with Crippen LogP contribution < -0.4 is 48.5 Å². The van der Waals surface area contributed by atoms with Crippen molar-refractivity contribution in [1.82, 2.24) is 0 Å². The van der Waals surface area contributed by atoms with E-state index in [2.05, 4.69) is 0 Å². The molecule has 3 rings (SSSR count). The molecule has 10 heteroatoms. The van der Waals surface area contributed by atoms with Crippen molar-refractivity contribution in [3.63, 3.8) is 0 Å². The van der Waals surface area contributed by atoms with E-state index >= 15 is 0 Å². The minimum absolute atomic E-state index is 0. The van der Waals surface area contributed by atoms with Crippen LogP contribution in [-0.4, -0.2) is 39.4 Å². The molecule has 0 N–H and O–H groups in total. The van der Waals surface area contributed by atoms with Gasteiger partial charge in [0.1, 0.15) is 34.8 Å². The molecule has 0 aliphatic carbocycles. The van der Waals surface area contributed by atoms with E-state index in [4.69, 9.17) is 18.9 Å². The third-order valence-electron chi connectivity index (χ3n) is 3.15. The molecule has 0 saturated heterocycles. The largest absolute Gasteiger partial charge is 1.00 e. The van der Waals surface area contributed by atoms with E-state index in [1.165, 1.54) is 30.6 Å². The fourth-order valence-corrected chi connectivity index (χ4v) is 3.37. The topological polar surface area (TPSA) is 94.1 Å². The zero-order valence-electron chi connectivity index (χ0n) is 13.1. The first-order valence-electron chi connectivity index (χ1n) is 6.60. The van der Waals surface area contributed by atoms with E-state index in [-0.39, 0.29) is 48.0 Å². The van der Waals surface area contributed by atoms with Crippen LogP contribution in [0.4, 0.5) is 0 Å². The maximum atomic E-state index is 11.1. The Kier molecular flexibility index (Phi) is 6.40. The summed E-state index contributed by atoms with van der Waals surface area (Å²) in [6.45, 7) is 0.565. The van der Waals surface area contributed by atoms with Crippen LogP contribution in [0.1, 0.15) is 0 Å². The molecule has 1 atom stereocenters. The van der Waals surface area contributed by atoms with Gasteiger partial charge in [0.15, 0.2) is 17.6 Å². The molecule has 124 valence electrons. The summed E-state index contributed by atoms with van der Waals surface area (Å²) in [5.74, 6) is 1.71. The van der Waals surface area contributed by atoms with Gasteiger partial charge in [0.05, 0.1) is 12.0 Å². The quantitative estimate of drug-likeness (QED) is 0.479. The summed E-state index contributed by atoms with van der Waals surface area (Å²) in [5.41, 5.74) is 0. The molecule has 0 saturated carbocycles. The molecule has 0 spiro atoms. The maximum Gasteiger partial charge on any atom is 1.00 e. The Labute approximate surface area is 165 Å². The first kappa shape index (κ1) is 19.4. The number of ether oxygens (including phenoxy) is 4. The number of hydrogen-bond acceptors (Lipinski definition) is 8. The second-order valence-electron chi connectivity index (χ2n) is 4.73. The summed E-state index contributed by atoms with van der Waals surface area (Å²) in [6, 6.07) is 3.91. The van der Waals surface area contributed by atoms with Gasteiger partial charge in [-0.15, -0.1) is 11.3 Å². The van der Waals surface area contributed by atoms with Gasteiger partial charge in [0, 0.05) is 16.8 Å². The minimum atomic E-state index is -4.60. The number of rotatable bonds is 5. The Morgan fingerprint density at radius 1 is 1.33 bits per heavy atom. The molecule has 2 heterocycles. The average Bonchev–Trinajstić information content (AvgIpc) is 2.99. The third kappa shape index (κ3) is 4.35. The molecule has 7 nitrogen and oxygen atoms in total. The second-order valence-corrected chi connectivity index (χ2v) is 6.82. The van der Waals surface area contributed by atoms with Crippen molar-refractivity contribution in [3.05, 3.63) is 29.0 Å². The smallest absolute Gasteiger partial charge is 0.744 e. The van der Waals surface area contributed by atoms with Gasteiger partial charge in [-0.1, -0.05) is 0 Å². The fourth-order valence-electron chi connectivity index (χ4n) is 2.08. The molecule has 2 aromatic rings. The molecule has 1 aromatic carbocycles. The summed E-state index contributed by atoms with van der Waals surface area (Å²) >= 11 is 1.49. The van der Waals surface area contributed by atoms with E-state index in [1.54, 1.807) is 0 Å². The monoisotopic (exact) mass is 380 g/mol. The molecule has 0 amide bonds. The SMILES string of the molecule is COc1cc(OCC2COc3cscc3O2)ccc1S(=O)(=O)[O-].[Na+]. The van der Waals surface area contributed by atoms with Gasteiger partial charge in [0.25, 0.3) is 0 Å². The Morgan fingerprint density at radius 2 is 2.08 bits per heavy atom. The molecule has 0 bridgehead atoms. The first-order valence-corrected chi connectivity index (χ1v) is 8.95. The Bertz CT molecular complexity index is 803. The van der Waals surface area contributed by atoms with Crippen LogP contribution in [-0.2, 0) is 10.1 Å². The minimum Gasteiger partial charge on any atom is -0.744 e. The number of hydrogen-bond donors (Lipinski definition) is 0. The molecule has 1 unspecified atom stereocenters.